The average molecular weight is 2590 g/mol. The van der Waals surface area contributed by atoms with E-state index in [1.54, 1.807) is 24.5 Å². The van der Waals surface area contributed by atoms with E-state index >= 15 is 0 Å². The van der Waals surface area contributed by atoms with Gasteiger partial charge in [0.15, 0.2) is 0 Å². The topological polar surface area (TPSA) is 116 Å². The van der Waals surface area contributed by atoms with Crippen LogP contribution >= 0.6 is 0 Å². The Balaban J connectivity index is 0.000000144. The molecule has 708 valence electrons. The average Bonchev–Trinajstić information content (AvgIpc) is 0.765. The van der Waals surface area contributed by atoms with E-state index in [9.17, 15) is 4.39 Å². The van der Waals surface area contributed by atoms with Crippen molar-refractivity contribution in [3.05, 3.63) is 532 Å². The van der Waals surface area contributed by atoms with Gasteiger partial charge in [-0.25, -0.2) is 4.39 Å². The molecule has 17 heteroatoms. The van der Waals surface area contributed by atoms with Gasteiger partial charge in [-0.05, 0) is 218 Å². The molecule has 8 aromatic heterocycles. The van der Waals surface area contributed by atoms with Crippen LogP contribution in [0, 0.1) is 75.1 Å². The molecule has 0 radical (unpaired) electrons. The molecule has 0 aliphatic rings. The van der Waals surface area contributed by atoms with Crippen LogP contribution in [-0.2, 0) is 89.7 Å². The molecule has 22 aromatic rings. The second kappa shape index (κ2) is 48.9. The van der Waals surface area contributed by atoms with Crippen molar-refractivity contribution in [2.24, 2.45) is 0 Å². The fraction of sp³-hybridized carbons (Fsp3) is 0.0551. The maximum Gasteiger partial charge on any atom is 2.00 e. The number of benzene rings is 14. The molecule has 0 aliphatic heterocycles. The Bertz CT molecular complexity index is 7590. The summed E-state index contributed by atoms with van der Waals surface area (Å²) in [4.78, 5) is 46.9. The molecule has 0 saturated carbocycles. The second-order valence-corrected chi connectivity index (χ2v) is 34.4. The van der Waals surface area contributed by atoms with Crippen LogP contribution in [0.15, 0.2) is 455 Å². The molecular weight excluding hydrogens is 2490 g/mol. The number of halogens is 1. The quantitative estimate of drug-likeness (QED) is 0.0677. The normalized spacial score (nSPS) is 10.7. The zero-order valence-electron chi connectivity index (χ0n) is 79.3. The molecule has 14 aromatic carbocycles. The molecule has 12 nitrogen and oxygen atoms in total. The number of pyridine rings is 8. The molecule has 0 spiro atoms. The largest absolute Gasteiger partial charge is 2.00 e. The van der Waals surface area contributed by atoms with Gasteiger partial charge in [0.05, 0.1) is 5.69 Å². The third-order valence-electron chi connectivity index (χ3n) is 23.5. The van der Waals surface area contributed by atoms with Crippen molar-refractivity contribution in [3.63, 3.8) is 0 Å². The minimum Gasteiger partial charge on any atom is -0.346 e. The molecular formula is C127H93FN12Pt4. The summed E-state index contributed by atoms with van der Waals surface area (Å²) in [5.41, 5.74) is 26.7. The monoisotopic (exact) mass is 2580 g/mol. The number of para-hydroxylation sites is 1. The summed E-state index contributed by atoms with van der Waals surface area (Å²) in [5.74, 6) is 2.93. The predicted molar refractivity (Wildman–Crippen MR) is 569 cm³/mol. The van der Waals surface area contributed by atoms with E-state index in [1.165, 1.54) is 34.4 Å². The van der Waals surface area contributed by atoms with Crippen LogP contribution in [-0.4, -0.2) is 39.9 Å². The molecule has 0 aliphatic carbocycles. The number of fused-ring (bicyclic) bond motifs is 2. The van der Waals surface area contributed by atoms with E-state index in [0.29, 0.717) is 0 Å². The first kappa shape index (κ1) is 103. The number of hydrogen-bond donors (Lipinski definition) is 0. The van der Waals surface area contributed by atoms with Gasteiger partial charge >= 0.3 is 84.3 Å². The zero-order valence-corrected chi connectivity index (χ0v) is 88.4. The number of aromatic nitrogens is 8. The van der Waals surface area contributed by atoms with E-state index in [-0.39, 0.29) is 95.5 Å². The number of rotatable bonds is 20. The Morgan fingerprint density at radius 2 is 0.542 bits per heavy atom. The minimum atomic E-state index is -0.286. The van der Waals surface area contributed by atoms with Crippen molar-refractivity contribution in [1.82, 2.24) is 39.9 Å². The van der Waals surface area contributed by atoms with Crippen LogP contribution < -0.4 is 19.6 Å². The van der Waals surface area contributed by atoms with Gasteiger partial charge in [-0.2, -0.15) is 0 Å². The number of nitrogens with zero attached hydrogens (tertiary/aromatic N) is 12. The van der Waals surface area contributed by atoms with Crippen molar-refractivity contribution >= 4 is 90.3 Å². The van der Waals surface area contributed by atoms with Crippen molar-refractivity contribution in [2.75, 3.05) is 19.6 Å². The second-order valence-electron chi connectivity index (χ2n) is 34.4. The molecule has 22 rings (SSSR count). The summed E-state index contributed by atoms with van der Waals surface area (Å²) in [6, 6.07) is 170. The Morgan fingerprint density at radius 3 is 0.889 bits per heavy atom. The molecule has 0 N–H and O–H groups in total. The van der Waals surface area contributed by atoms with E-state index < -0.39 is 0 Å². The summed E-state index contributed by atoms with van der Waals surface area (Å²) >= 11 is 0. The van der Waals surface area contributed by atoms with Crippen LogP contribution in [0.5, 0.6) is 0 Å². The SMILES string of the molecule is CC(C)(C)c1ccc(N(c2cccc(-c3[c-]cccc3)n2)c2cccc(-c3[c-]cccc3)n2)cc1.Cc1cc(C)c(N(c2cccc(-c3[c-]cccc3)n2)c2cccc(-c3[c-]cccc3)n2)c(C)c1.Fc1ccc(N(c2[c-]c(-c3ccccn3)ccc2)c2[c-]c(-c3ccccn3)ccc2)cc1.[Pt+2].[Pt+2].[Pt+2].[Pt+2].[c-]1c(-c2cc3ccccc3cn2)cccc1N(c1[c-]c(-c2cc3ccccc3cn2)ccc1)c1ccccc1. The van der Waals surface area contributed by atoms with Crippen LogP contribution in [0.1, 0.15) is 43.0 Å². The van der Waals surface area contributed by atoms with Gasteiger partial charge in [-0.15, -0.1) is 263 Å². The smallest absolute Gasteiger partial charge is 0.346 e. The van der Waals surface area contributed by atoms with Crippen LogP contribution in [0.2, 0.25) is 0 Å². The van der Waals surface area contributed by atoms with E-state index in [1.807, 2.05) is 290 Å². The molecule has 0 fully saturated rings. The van der Waals surface area contributed by atoms with E-state index in [2.05, 4.69) is 248 Å². The maximum atomic E-state index is 13.7. The minimum absolute atomic E-state index is 0. The van der Waals surface area contributed by atoms with Crippen LogP contribution in [0.25, 0.3) is 112 Å². The Morgan fingerprint density at radius 1 is 0.243 bits per heavy atom. The maximum absolute atomic E-state index is 13.7. The first-order valence-electron chi connectivity index (χ1n) is 46.3. The van der Waals surface area contributed by atoms with Gasteiger partial charge in [0, 0.05) is 41.8 Å². The molecule has 8 heterocycles. The summed E-state index contributed by atoms with van der Waals surface area (Å²) in [7, 11) is 0. The van der Waals surface area contributed by atoms with Crippen molar-refractivity contribution in [1.29, 1.82) is 0 Å². The van der Waals surface area contributed by atoms with Gasteiger partial charge in [-0.3, -0.25) is 29.7 Å². The van der Waals surface area contributed by atoms with Crippen molar-refractivity contribution in [3.8, 4) is 90.1 Å². The molecule has 0 amide bonds. The Labute approximate surface area is 899 Å². The van der Waals surface area contributed by atoms with Crippen molar-refractivity contribution < 1.29 is 88.7 Å². The molecule has 0 saturated heterocycles. The van der Waals surface area contributed by atoms with Gasteiger partial charge < -0.3 is 29.7 Å². The molecule has 0 bridgehead atoms. The van der Waals surface area contributed by atoms with E-state index in [4.69, 9.17) is 29.9 Å². The third kappa shape index (κ3) is 25.0. The number of aryl methyl sites for hydroxylation is 3. The summed E-state index contributed by atoms with van der Waals surface area (Å²) in [6.07, 6.45) is 7.37. The first-order valence-corrected chi connectivity index (χ1v) is 46.3. The molecule has 144 heavy (non-hydrogen) atoms. The van der Waals surface area contributed by atoms with Gasteiger partial charge in [0.1, 0.15) is 29.1 Å². The predicted octanol–water partition coefficient (Wildman–Crippen LogP) is 32.2. The number of hydrogen-bond acceptors (Lipinski definition) is 12. The summed E-state index contributed by atoms with van der Waals surface area (Å²) in [5, 5.41) is 4.56. The van der Waals surface area contributed by atoms with E-state index in [0.717, 1.165) is 180 Å². The van der Waals surface area contributed by atoms with Gasteiger partial charge in [0.25, 0.3) is 0 Å². The molecule has 0 atom stereocenters. The fourth-order valence-corrected chi connectivity index (χ4v) is 16.8. The van der Waals surface area contributed by atoms with Crippen molar-refractivity contribution in [2.45, 2.75) is 47.0 Å². The fourth-order valence-electron chi connectivity index (χ4n) is 16.8. The zero-order chi connectivity index (χ0) is 95.5. The Hall–Kier alpha value is -15.3. The standard InChI is InChI=1S/C36H23N3.C32H27N3.C31H25N3.C28H18FN3.4Pt/c1-2-16-32(17-3-1)39(33-18-8-14-28(20-33)35-22-26-10-4-6-12-30(26)24-37-35)34-19-9-15-29(21-34)36-23-27-11-5-7-13-31(27)25-38-36;1-32(2,3)26-20-22-27(23-21-26)35(30-18-10-16-28(33-30)24-12-6-4-7-13-24)31-19-11-17-29(34-31)25-14-8-5-9-15-25;1-22-20-23(2)31(24(3)21-22)34(29-18-10-16-27(32-29)25-12-6-4-7-13-25)30-19-11-17-28(33-30)26-14-8-5-9-15-26;29-23-13-15-24(16-14-23)32(25-9-5-7-21(19-25)27-11-1-3-17-30-27)26-10-6-8-22(20-26)28-12-2-4-18-31-28;;;;/h1-19,22-25H;4-12,14,16-23H,1-3H3;4-12,14,16-21H,1-3H3;1-18H;;;;/q4*-2;4*+2. The molecule has 0 unspecified atom stereocenters. The van der Waals surface area contributed by atoms with Crippen LogP contribution in [0.3, 0.4) is 0 Å². The Kier molecular flexibility index (Phi) is 35.0. The van der Waals surface area contributed by atoms with Gasteiger partial charge in [-0.1, -0.05) is 202 Å². The summed E-state index contributed by atoms with van der Waals surface area (Å²) < 4.78 is 13.7. The summed E-state index contributed by atoms with van der Waals surface area (Å²) in [6.45, 7) is 13.1. The van der Waals surface area contributed by atoms with Gasteiger partial charge in [0.2, 0.25) is 0 Å². The third-order valence-corrected chi connectivity index (χ3v) is 23.5. The van der Waals surface area contributed by atoms with Crippen LogP contribution in [0.4, 0.5) is 73.2 Å². The first-order chi connectivity index (χ1) is 68.7. The number of anilines is 12.